The van der Waals surface area contributed by atoms with Crippen molar-refractivity contribution in [1.82, 2.24) is 0 Å². The van der Waals surface area contributed by atoms with Crippen molar-refractivity contribution in [1.29, 1.82) is 0 Å². The van der Waals surface area contributed by atoms with Crippen LogP contribution in [0.4, 0.5) is 0 Å². The van der Waals surface area contributed by atoms with Crippen LogP contribution in [0, 0.1) is 6.08 Å². The largest absolute Gasteiger partial charge is 0.294 e. The van der Waals surface area contributed by atoms with Gasteiger partial charge in [0.05, 0.1) is 0 Å². The average Bonchev–Trinajstić information content (AvgIpc) is 2.20. The standard InChI is InChI=1S/C13H17O/c14-13-11-9-7-5-3-1-2-4-6-8-10-12-13/h1-3,5,10H,4,6-9,11H2/b2-1+,5-3-,12-10?. The topological polar surface area (TPSA) is 17.1 Å². The molecular formula is C13H17O. The van der Waals surface area contributed by atoms with Crippen molar-refractivity contribution in [2.24, 2.45) is 0 Å². The minimum absolute atomic E-state index is 0.144. The Morgan fingerprint density at radius 3 is 2.50 bits per heavy atom. The van der Waals surface area contributed by atoms with Gasteiger partial charge in [-0.2, -0.15) is 0 Å². The van der Waals surface area contributed by atoms with E-state index in [2.05, 4.69) is 30.4 Å². The fourth-order valence-electron chi connectivity index (χ4n) is 1.33. The Labute approximate surface area is 86.2 Å². The molecule has 0 aromatic rings. The van der Waals surface area contributed by atoms with E-state index in [1.165, 1.54) is 0 Å². The van der Waals surface area contributed by atoms with Crippen molar-refractivity contribution in [3.63, 3.8) is 0 Å². The predicted molar refractivity (Wildman–Crippen MR) is 58.8 cm³/mol. The molecule has 0 fully saturated rings. The van der Waals surface area contributed by atoms with E-state index in [-0.39, 0.29) is 5.78 Å². The molecule has 1 aliphatic carbocycles. The smallest absolute Gasteiger partial charge is 0.163 e. The van der Waals surface area contributed by atoms with Crippen LogP contribution in [0.1, 0.15) is 38.5 Å². The van der Waals surface area contributed by atoms with Crippen LogP contribution in [0.2, 0.25) is 0 Å². The van der Waals surface area contributed by atoms with Crippen LogP contribution in [0.3, 0.4) is 0 Å². The Balaban J connectivity index is 2.41. The first-order valence-electron chi connectivity index (χ1n) is 5.32. The number of rotatable bonds is 0. The summed E-state index contributed by atoms with van der Waals surface area (Å²) < 4.78 is 0. The zero-order valence-electron chi connectivity index (χ0n) is 8.54. The third kappa shape index (κ3) is 5.52. The second-order valence-electron chi connectivity index (χ2n) is 3.45. The Hall–Kier alpha value is -1.11. The SMILES string of the molecule is O=C1[C]=CCCC/C=C/C=C\CCC1. The molecule has 0 aliphatic heterocycles. The third-order valence-electron chi connectivity index (χ3n) is 2.14. The molecule has 0 spiro atoms. The average molecular weight is 189 g/mol. The van der Waals surface area contributed by atoms with Crippen LogP contribution in [0.25, 0.3) is 0 Å². The minimum atomic E-state index is 0.144. The number of hydrogen-bond acceptors (Lipinski definition) is 1. The molecule has 1 rings (SSSR count). The van der Waals surface area contributed by atoms with Crippen LogP contribution < -0.4 is 0 Å². The van der Waals surface area contributed by atoms with Gasteiger partial charge in [-0.3, -0.25) is 4.79 Å². The first-order valence-corrected chi connectivity index (χ1v) is 5.32. The Morgan fingerprint density at radius 1 is 1.00 bits per heavy atom. The maximum Gasteiger partial charge on any atom is 0.163 e. The van der Waals surface area contributed by atoms with Gasteiger partial charge >= 0.3 is 0 Å². The molecule has 0 amide bonds. The van der Waals surface area contributed by atoms with Crippen LogP contribution >= 0.6 is 0 Å². The molecule has 0 saturated heterocycles. The summed E-state index contributed by atoms with van der Waals surface area (Å²) in [5, 5.41) is 0. The summed E-state index contributed by atoms with van der Waals surface area (Å²) in [6.45, 7) is 0. The van der Waals surface area contributed by atoms with E-state index in [1.54, 1.807) is 0 Å². The van der Waals surface area contributed by atoms with Crippen molar-refractivity contribution < 1.29 is 4.79 Å². The molecule has 0 unspecified atom stereocenters. The molecule has 0 aromatic carbocycles. The highest BCUT2D eigenvalue weighted by molar-refractivity contribution is 5.85. The van der Waals surface area contributed by atoms with Crippen molar-refractivity contribution in [3.8, 4) is 0 Å². The molecule has 0 atom stereocenters. The van der Waals surface area contributed by atoms with Crippen LogP contribution in [-0.4, -0.2) is 5.78 Å². The van der Waals surface area contributed by atoms with Gasteiger partial charge in [-0.25, -0.2) is 0 Å². The number of Topliss-reactive ketones (excluding diaryl/α,β-unsaturated/α-hetero) is 1. The summed E-state index contributed by atoms with van der Waals surface area (Å²) in [6.07, 6.45) is 18.8. The van der Waals surface area contributed by atoms with E-state index >= 15 is 0 Å². The normalized spacial score (nSPS) is 24.4. The summed E-state index contributed by atoms with van der Waals surface area (Å²) in [5.41, 5.74) is 0. The van der Waals surface area contributed by atoms with Crippen molar-refractivity contribution in [2.45, 2.75) is 38.5 Å². The number of carbonyl (C=O) groups is 1. The van der Waals surface area contributed by atoms with Gasteiger partial charge in [-0.05, 0) is 32.1 Å². The van der Waals surface area contributed by atoms with E-state index in [4.69, 9.17) is 0 Å². The first kappa shape index (κ1) is 11.0. The van der Waals surface area contributed by atoms with Gasteiger partial charge in [0.2, 0.25) is 0 Å². The lowest BCUT2D eigenvalue weighted by Gasteiger charge is -1.91. The van der Waals surface area contributed by atoms with Crippen LogP contribution in [0.15, 0.2) is 30.4 Å². The Bertz CT molecular complexity index is 246. The van der Waals surface area contributed by atoms with Crippen LogP contribution in [-0.2, 0) is 4.79 Å². The van der Waals surface area contributed by atoms with E-state index in [0.717, 1.165) is 32.1 Å². The highest BCUT2D eigenvalue weighted by Gasteiger charge is 1.95. The maximum atomic E-state index is 11.2. The van der Waals surface area contributed by atoms with Gasteiger partial charge in [0, 0.05) is 12.5 Å². The fraction of sp³-hybridized carbons (Fsp3) is 0.462. The molecular weight excluding hydrogens is 172 g/mol. The van der Waals surface area contributed by atoms with Crippen molar-refractivity contribution in [3.05, 3.63) is 36.5 Å². The van der Waals surface area contributed by atoms with Crippen molar-refractivity contribution >= 4 is 5.78 Å². The lowest BCUT2D eigenvalue weighted by Crippen LogP contribution is -1.92. The molecule has 1 heteroatoms. The lowest BCUT2D eigenvalue weighted by atomic mass is 10.1. The second-order valence-corrected chi connectivity index (χ2v) is 3.45. The number of carbonyl (C=O) groups excluding carboxylic acids is 1. The molecule has 0 saturated carbocycles. The molecule has 1 nitrogen and oxygen atoms in total. The zero-order chi connectivity index (χ0) is 10.1. The van der Waals surface area contributed by atoms with Gasteiger partial charge < -0.3 is 0 Å². The van der Waals surface area contributed by atoms with Gasteiger partial charge in [0.15, 0.2) is 5.78 Å². The maximum absolute atomic E-state index is 11.2. The molecule has 75 valence electrons. The summed E-state index contributed by atoms with van der Waals surface area (Å²) in [4.78, 5) is 11.2. The molecule has 14 heavy (non-hydrogen) atoms. The molecule has 0 N–H and O–H groups in total. The van der Waals surface area contributed by atoms with E-state index in [9.17, 15) is 4.79 Å². The highest BCUT2D eigenvalue weighted by Crippen LogP contribution is 2.03. The fourth-order valence-corrected chi connectivity index (χ4v) is 1.33. The van der Waals surface area contributed by atoms with Crippen molar-refractivity contribution in [2.75, 3.05) is 0 Å². The molecule has 0 aromatic heterocycles. The van der Waals surface area contributed by atoms with E-state index < -0.39 is 0 Å². The zero-order valence-corrected chi connectivity index (χ0v) is 8.54. The highest BCUT2D eigenvalue weighted by atomic mass is 16.1. The monoisotopic (exact) mass is 189 g/mol. The quantitative estimate of drug-likeness (QED) is 0.571. The van der Waals surface area contributed by atoms with Gasteiger partial charge in [-0.15, -0.1) is 0 Å². The van der Waals surface area contributed by atoms with Crippen LogP contribution in [0.5, 0.6) is 0 Å². The van der Waals surface area contributed by atoms with E-state index in [0.29, 0.717) is 6.42 Å². The summed E-state index contributed by atoms with van der Waals surface area (Å²) in [7, 11) is 0. The van der Waals surface area contributed by atoms with Gasteiger partial charge in [0.25, 0.3) is 0 Å². The summed E-state index contributed by atoms with van der Waals surface area (Å²) in [6, 6.07) is 0. The molecule has 0 heterocycles. The second kappa shape index (κ2) is 7.31. The molecule has 0 bridgehead atoms. The third-order valence-corrected chi connectivity index (χ3v) is 2.14. The molecule has 1 aliphatic rings. The van der Waals surface area contributed by atoms with Gasteiger partial charge in [-0.1, -0.05) is 30.4 Å². The number of hydrogen-bond donors (Lipinski definition) is 0. The Kier molecular flexibility index (Phi) is 5.73. The molecule has 1 radical (unpaired) electrons. The minimum Gasteiger partial charge on any atom is -0.294 e. The summed E-state index contributed by atoms with van der Waals surface area (Å²) in [5.74, 6) is 0.144. The first-order chi connectivity index (χ1) is 6.89. The van der Waals surface area contributed by atoms with Gasteiger partial charge in [0.1, 0.15) is 0 Å². The summed E-state index contributed by atoms with van der Waals surface area (Å²) >= 11 is 0. The number of ketones is 1. The Morgan fingerprint density at radius 2 is 1.71 bits per heavy atom. The van der Waals surface area contributed by atoms with E-state index in [1.807, 2.05) is 6.08 Å². The lowest BCUT2D eigenvalue weighted by molar-refractivity contribution is -0.115. The predicted octanol–water partition coefficient (Wildman–Crippen LogP) is 3.38. The number of allylic oxidation sites excluding steroid dienone is 6.